The number of nitro groups is 1. The number of hydrogen-bond donors (Lipinski definition) is 1. The summed E-state index contributed by atoms with van der Waals surface area (Å²) in [7, 11) is 0. The number of ether oxygens (including phenoxy) is 2. The molecule has 0 bridgehead atoms. The Morgan fingerprint density at radius 1 is 1.15 bits per heavy atom. The first-order valence-electron chi connectivity index (χ1n) is 8.50. The third-order valence-electron chi connectivity index (χ3n) is 4.31. The van der Waals surface area contributed by atoms with Crippen LogP contribution in [0.3, 0.4) is 0 Å². The lowest BCUT2D eigenvalue weighted by Crippen LogP contribution is -2.36. The average Bonchev–Trinajstić information content (AvgIpc) is 2.69. The minimum atomic E-state index is -0.672. The normalized spacial score (nSPS) is 18.0. The Labute approximate surface area is 155 Å². The van der Waals surface area contributed by atoms with Crippen molar-refractivity contribution in [3.63, 3.8) is 0 Å². The summed E-state index contributed by atoms with van der Waals surface area (Å²) in [6.07, 6.45) is 7.36. The van der Waals surface area contributed by atoms with Gasteiger partial charge in [-0.15, -0.1) is 0 Å². The van der Waals surface area contributed by atoms with Gasteiger partial charge in [0.1, 0.15) is 17.3 Å². The Hall–Kier alpha value is -3.61. The lowest BCUT2D eigenvalue weighted by molar-refractivity contribution is -0.384. The zero-order valence-electron chi connectivity index (χ0n) is 14.3. The summed E-state index contributed by atoms with van der Waals surface area (Å²) in [5.74, 6) is 1.40. The molecule has 7 heteroatoms. The van der Waals surface area contributed by atoms with Crippen LogP contribution in [0.15, 0.2) is 66.5 Å². The topological polar surface area (TPSA) is 90.7 Å². The number of benzene rings is 2. The van der Waals surface area contributed by atoms with Gasteiger partial charge in [0.15, 0.2) is 6.23 Å². The van der Waals surface area contributed by atoms with E-state index in [2.05, 4.69) is 11.4 Å². The van der Waals surface area contributed by atoms with Crippen LogP contribution in [-0.2, 0) is 0 Å². The molecular formula is C20H16N2O5. The van der Waals surface area contributed by atoms with Gasteiger partial charge in [-0.05, 0) is 55.3 Å². The van der Waals surface area contributed by atoms with Gasteiger partial charge in [-0.25, -0.2) is 0 Å². The fraction of sp³-hybridized carbons (Fsp3) is 0.150. The van der Waals surface area contributed by atoms with Crippen LogP contribution in [0.2, 0.25) is 0 Å². The summed E-state index contributed by atoms with van der Waals surface area (Å²) in [6.45, 7) is 0. The molecule has 0 radical (unpaired) electrons. The molecule has 1 aliphatic heterocycles. The van der Waals surface area contributed by atoms with Gasteiger partial charge in [0.05, 0.1) is 10.5 Å². The van der Waals surface area contributed by atoms with Gasteiger partial charge in [0.25, 0.3) is 11.6 Å². The fourth-order valence-corrected chi connectivity index (χ4v) is 2.93. The number of nitro benzene ring substituents is 1. The van der Waals surface area contributed by atoms with E-state index in [4.69, 9.17) is 9.47 Å². The monoisotopic (exact) mass is 364 g/mol. The van der Waals surface area contributed by atoms with Crippen LogP contribution in [0.25, 0.3) is 0 Å². The van der Waals surface area contributed by atoms with E-state index in [0.29, 0.717) is 11.5 Å². The number of fused-ring (bicyclic) bond motifs is 1. The summed E-state index contributed by atoms with van der Waals surface area (Å²) in [5.41, 5.74) is 0.739. The maximum Gasteiger partial charge on any atom is 0.270 e. The lowest BCUT2D eigenvalue weighted by atomic mass is 10.1. The predicted molar refractivity (Wildman–Crippen MR) is 97.5 cm³/mol. The summed E-state index contributed by atoms with van der Waals surface area (Å²) in [4.78, 5) is 22.6. The van der Waals surface area contributed by atoms with Crippen molar-refractivity contribution in [1.82, 2.24) is 5.32 Å². The maximum absolute atomic E-state index is 12.3. The van der Waals surface area contributed by atoms with Crippen molar-refractivity contribution in [2.24, 2.45) is 0 Å². The van der Waals surface area contributed by atoms with Crippen LogP contribution < -0.4 is 14.8 Å². The van der Waals surface area contributed by atoms with Gasteiger partial charge >= 0.3 is 0 Å². The number of hydrogen-bond acceptors (Lipinski definition) is 5. The van der Waals surface area contributed by atoms with Crippen molar-refractivity contribution in [2.45, 2.75) is 19.1 Å². The molecule has 1 heterocycles. The van der Waals surface area contributed by atoms with Crippen LogP contribution >= 0.6 is 0 Å². The SMILES string of the molecule is O=C1NC(c2ccc(OC3=CCCC=C3)cc2)Oc2ccc([N+](=O)[O-])cc21. The first-order valence-corrected chi connectivity index (χ1v) is 8.50. The van der Waals surface area contributed by atoms with E-state index in [1.54, 1.807) is 12.1 Å². The summed E-state index contributed by atoms with van der Waals surface area (Å²) >= 11 is 0. The van der Waals surface area contributed by atoms with E-state index in [0.717, 1.165) is 24.2 Å². The zero-order valence-corrected chi connectivity index (χ0v) is 14.3. The predicted octanol–water partition coefficient (Wildman–Crippen LogP) is 4.03. The standard InChI is InChI=1S/C20H16N2O5/c23-19-17-12-14(22(24)25)8-11-18(17)27-20(21-19)13-6-9-16(10-7-13)26-15-4-2-1-3-5-15/h2,4-12,20H,1,3H2,(H,21,23). The number of carbonyl (C=O) groups is 1. The molecule has 1 unspecified atom stereocenters. The van der Waals surface area contributed by atoms with Gasteiger partial charge < -0.3 is 14.8 Å². The van der Waals surface area contributed by atoms with E-state index in [1.807, 2.05) is 24.3 Å². The Bertz CT molecular complexity index is 963. The summed E-state index contributed by atoms with van der Waals surface area (Å²) < 4.78 is 11.6. The molecular weight excluding hydrogens is 348 g/mol. The molecule has 1 N–H and O–H groups in total. The van der Waals surface area contributed by atoms with Crippen molar-refractivity contribution < 1.29 is 19.2 Å². The molecule has 2 aliphatic rings. The molecule has 1 atom stereocenters. The van der Waals surface area contributed by atoms with Crippen LogP contribution in [0, 0.1) is 10.1 Å². The van der Waals surface area contributed by atoms with Crippen LogP contribution in [0.4, 0.5) is 5.69 Å². The molecule has 1 amide bonds. The Balaban J connectivity index is 1.51. The number of amides is 1. The number of rotatable bonds is 4. The second-order valence-corrected chi connectivity index (χ2v) is 6.17. The first kappa shape index (κ1) is 16.8. The van der Waals surface area contributed by atoms with E-state index in [1.165, 1.54) is 18.2 Å². The second-order valence-electron chi connectivity index (χ2n) is 6.17. The first-order chi connectivity index (χ1) is 13.1. The number of allylic oxidation sites excluding steroid dienone is 3. The minimum Gasteiger partial charge on any atom is -0.466 e. The van der Waals surface area contributed by atoms with Crippen LogP contribution in [0.1, 0.15) is 35.0 Å². The number of nitrogens with one attached hydrogen (secondary N) is 1. The zero-order chi connectivity index (χ0) is 18.8. The fourth-order valence-electron chi connectivity index (χ4n) is 2.93. The van der Waals surface area contributed by atoms with Gasteiger partial charge in [-0.1, -0.05) is 6.08 Å². The molecule has 2 aromatic rings. The molecule has 0 spiro atoms. The minimum absolute atomic E-state index is 0.149. The highest BCUT2D eigenvalue weighted by molar-refractivity contribution is 5.98. The van der Waals surface area contributed by atoms with Crippen molar-refractivity contribution in [3.05, 3.63) is 87.7 Å². The molecule has 4 rings (SSSR count). The van der Waals surface area contributed by atoms with E-state index in [9.17, 15) is 14.9 Å². The highest BCUT2D eigenvalue weighted by atomic mass is 16.6. The number of non-ortho nitro benzene ring substituents is 1. The second kappa shape index (κ2) is 6.95. The number of nitrogens with zero attached hydrogens (tertiary/aromatic N) is 1. The molecule has 0 saturated carbocycles. The summed E-state index contributed by atoms with van der Waals surface area (Å²) in [5, 5.41) is 13.6. The van der Waals surface area contributed by atoms with Gasteiger partial charge in [-0.3, -0.25) is 14.9 Å². The Morgan fingerprint density at radius 3 is 2.67 bits per heavy atom. The highest BCUT2D eigenvalue weighted by Crippen LogP contribution is 2.32. The van der Waals surface area contributed by atoms with Crippen molar-refractivity contribution in [1.29, 1.82) is 0 Å². The smallest absolute Gasteiger partial charge is 0.270 e. The van der Waals surface area contributed by atoms with Crippen molar-refractivity contribution >= 4 is 11.6 Å². The Kier molecular flexibility index (Phi) is 4.33. The van der Waals surface area contributed by atoms with Crippen LogP contribution in [-0.4, -0.2) is 10.8 Å². The molecule has 7 nitrogen and oxygen atoms in total. The Morgan fingerprint density at radius 2 is 1.96 bits per heavy atom. The largest absolute Gasteiger partial charge is 0.466 e. The molecule has 0 fully saturated rings. The molecule has 0 aromatic heterocycles. The molecule has 27 heavy (non-hydrogen) atoms. The molecule has 2 aromatic carbocycles. The van der Waals surface area contributed by atoms with Crippen molar-refractivity contribution in [2.75, 3.05) is 0 Å². The van der Waals surface area contributed by atoms with E-state index in [-0.39, 0.29) is 11.3 Å². The van der Waals surface area contributed by atoms with Crippen LogP contribution in [0.5, 0.6) is 11.5 Å². The van der Waals surface area contributed by atoms with Gasteiger partial charge in [0, 0.05) is 17.7 Å². The highest BCUT2D eigenvalue weighted by Gasteiger charge is 2.28. The summed E-state index contributed by atoms with van der Waals surface area (Å²) in [6, 6.07) is 11.2. The van der Waals surface area contributed by atoms with Crippen molar-refractivity contribution in [3.8, 4) is 11.5 Å². The quantitative estimate of drug-likeness (QED) is 0.653. The average molecular weight is 364 g/mol. The third kappa shape index (κ3) is 3.52. The molecule has 1 aliphatic carbocycles. The third-order valence-corrected chi connectivity index (χ3v) is 4.31. The van der Waals surface area contributed by atoms with Gasteiger partial charge in [0.2, 0.25) is 0 Å². The maximum atomic E-state index is 12.3. The molecule has 0 saturated heterocycles. The number of carbonyl (C=O) groups excluding carboxylic acids is 1. The lowest BCUT2D eigenvalue weighted by Gasteiger charge is -2.27. The molecule has 136 valence electrons. The van der Waals surface area contributed by atoms with E-state index < -0.39 is 17.1 Å². The van der Waals surface area contributed by atoms with E-state index >= 15 is 0 Å². The van der Waals surface area contributed by atoms with Gasteiger partial charge in [-0.2, -0.15) is 0 Å².